The van der Waals surface area contributed by atoms with E-state index in [0.29, 0.717) is 0 Å². The lowest BCUT2D eigenvalue weighted by Crippen LogP contribution is -2.02. The van der Waals surface area contributed by atoms with E-state index in [2.05, 4.69) is 12.2 Å². The first-order valence-corrected chi connectivity index (χ1v) is 7.19. The number of hydrogen-bond donors (Lipinski definition) is 1. The minimum Gasteiger partial charge on any atom is -0.491 e. The Bertz CT molecular complexity index is 498. The molecule has 4 heteroatoms. The second kappa shape index (κ2) is 6.66. The van der Waals surface area contributed by atoms with Crippen LogP contribution in [0.4, 0.5) is 5.69 Å². The van der Waals surface area contributed by atoms with E-state index in [4.69, 9.17) is 16.3 Å². The SMILES string of the molecule is CCCOc1ccccc1NCc1ccc(Cl)s1. The van der Waals surface area contributed by atoms with Crippen molar-refractivity contribution in [3.63, 3.8) is 0 Å². The van der Waals surface area contributed by atoms with Gasteiger partial charge in [-0.15, -0.1) is 11.3 Å². The maximum atomic E-state index is 5.91. The van der Waals surface area contributed by atoms with E-state index in [-0.39, 0.29) is 0 Å². The second-order valence-electron chi connectivity index (χ2n) is 3.90. The summed E-state index contributed by atoms with van der Waals surface area (Å²) in [6, 6.07) is 12.0. The van der Waals surface area contributed by atoms with E-state index >= 15 is 0 Å². The number of anilines is 1. The van der Waals surface area contributed by atoms with Gasteiger partial charge in [0.2, 0.25) is 0 Å². The molecule has 0 atom stereocenters. The molecule has 96 valence electrons. The van der Waals surface area contributed by atoms with Crippen molar-refractivity contribution in [2.75, 3.05) is 11.9 Å². The molecule has 0 saturated heterocycles. The highest BCUT2D eigenvalue weighted by molar-refractivity contribution is 7.16. The van der Waals surface area contributed by atoms with Crippen LogP contribution in [0.15, 0.2) is 36.4 Å². The quantitative estimate of drug-likeness (QED) is 0.821. The van der Waals surface area contributed by atoms with Crippen molar-refractivity contribution in [2.45, 2.75) is 19.9 Å². The van der Waals surface area contributed by atoms with Crippen LogP contribution >= 0.6 is 22.9 Å². The Morgan fingerprint density at radius 1 is 1.22 bits per heavy atom. The molecular formula is C14H16ClNOS. The molecule has 1 aromatic heterocycles. The Hall–Kier alpha value is -1.19. The van der Waals surface area contributed by atoms with Gasteiger partial charge in [-0.2, -0.15) is 0 Å². The van der Waals surface area contributed by atoms with Gasteiger partial charge in [0.05, 0.1) is 16.6 Å². The Morgan fingerprint density at radius 3 is 2.78 bits per heavy atom. The van der Waals surface area contributed by atoms with Gasteiger partial charge in [0.25, 0.3) is 0 Å². The molecule has 1 N–H and O–H groups in total. The number of rotatable bonds is 6. The largest absolute Gasteiger partial charge is 0.491 e. The molecule has 1 aromatic carbocycles. The van der Waals surface area contributed by atoms with Crippen molar-refractivity contribution >= 4 is 28.6 Å². The van der Waals surface area contributed by atoms with Gasteiger partial charge in [0.1, 0.15) is 5.75 Å². The minimum atomic E-state index is 0.740. The Labute approximate surface area is 117 Å². The first kappa shape index (κ1) is 13.2. The summed E-state index contributed by atoms with van der Waals surface area (Å²) in [7, 11) is 0. The molecular weight excluding hydrogens is 266 g/mol. The molecule has 0 aliphatic carbocycles. The van der Waals surface area contributed by atoms with Gasteiger partial charge in [-0.1, -0.05) is 30.7 Å². The number of nitrogens with one attached hydrogen (secondary N) is 1. The average Bonchev–Trinajstić information content (AvgIpc) is 2.81. The van der Waals surface area contributed by atoms with Gasteiger partial charge in [-0.05, 0) is 30.7 Å². The van der Waals surface area contributed by atoms with Crippen molar-refractivity contribution in [2.24, 2.45) is 0 Å². The molecule has 2 aromatic rings. The third kappa shape index (κ3) is 3.65. The summed E-state index contributed by atoms with van der Waals surface area (Å²) in [5.74, 6) is 0.905. The summed E-state index contributed by atoms with van der Waals surface area (Å²) in [5.41, 5.74) is 1.02. The highest BCUT2D eigenvalue weighted by Crippen LogP contribution is 2.26. The number of hydrogen-bond acceptors (Lipinski definition) is 3. The van der Waals surface area contributed by atoms with Crippen LogP contribution in [-0.2, 0) is 6.54 Å². The first-order chi connectivity index (χ1) is 8.79. The van der Waals surface area contributed by atoms with Crippen molar-refractivity contribution < 1.29 is 4.74 Å². The van der Waals surface area contributed by atoms with Crippen molar-refractivity contribution in [1.29, 1.82) is 0 Å². The maximum absolute atomic E-state index is 5.91. The van der Waals surface area contributed by atoms with E-state index in [1.165, 1.54) is 4.88 Å². The van der Waals surface area contributed by atoms with Gasteiger partial charge >= 0.3 is 0 Å². The minimum absolute atomic E-state index is 0.740. The number of ether oxygens (including phenoxy) is 1. The third-order valence-electron chi connectivity index (χ3n) is 2.43. The molecule has 0 spiro atoms. The summed E-state index contributed by atoms with van der Waals surface area (Å²) in [5, 5.41) is 3.38. The van der Waals surface area contributed by atoms with Gasteiger partial charge in [-0.25, -0.2) is 0 Å². The van der Waals surface area contributed by atoms with Crippen LogP contribution in [0.1, 0.15) is 18.2 Å². The van der Waals surface area contributed by atoms with Gasteiger partial charge in [0.15, 0.2) is 0 Å². The van der Waals surface area contributed by atoms with E-state index in [0.717, 1.165) is 35.3 Å². The summed E-state index contributed by atoms with van der Waals surface area (Å²) < 4.78 is 6.52. The topological polar surface area (TPSA) is 21.3 Å². The zero-order chi connectivity index (χ0) is 12.8. The summed E-state index contributed by atoms with van der Waals surface area (Å²) in [4.78, 5) is 1.21. The molecule has 0 unspecified atom stereocenters. The summed E-state index contributed by atoms with van der Waals surface area (Å²) in [6.07, 6.45) is 1.01. The number of benzene rings is 1. The number of halogens is 1. The molecule has 0 aliphatic rings. The second-order valence-corrected chi connectivity index (χ2v) is 5.70. The monoisotopic (exact) mass is 281 g/mol. The van der Waals surface area contributed by atoms with E-state index in [1.54, 1.807) is 11.3 Å². The molecule has 0 saturated carbocycles. The molecule has 0 bridgehead atoms. The number of para-hydroxylation sites is 2. The Kier molecular flexibility index (Phi) is 4.90. The zero-order valence-electron chi connectivity index (χ0n) is 10.3. The standard InChI is InChI=1S/C14H16ClNOS/c1-2-9-17-13-6-4-3-5-12(13)16-10-11-7-8-14(15)18-11/h3-8,16H,2,9-10H2,1H3. The van der Waals surface area contributed by atoms with Crippen LogP contribution in [-0.4, -0.2) is 6.61 Å². The fourth-order valence-corrected chi connectivity index (χ4v) is 2.61. The predicted molar refractivity (Wildman–Crippen MR) is 78.9 cm³/mol. The first-order valence-electron chi connectivity index (χ1n) is 5.99. The molecule has 0 radical (unpaired) electrons. The highest BCUT2D eigenvalue weighted by atomic mass is 35.5. The maximum Gasteiger partial charge on any atom is 0.142 e. The fourth-order valence-electron chi connectivity index (χ4n) is 1.58. The van der Waals surface area contributed by atoms with Gasteiger partial charge in [-0.3, -0.25) is 0 Å². The summed E-state index contributed by atoms with van der Waals surface area (Å²) >= 11 is 7.50. The number of thiophene rings is 1. The van der Waals surface area contributed by atoms with E-state index in [1.807, 2.05) is 36.4 Å². The van der Waals surface area contributed by atoms with Crippen LogP contribution in [0.3, 0.4) is 0 Å². The van der Waals surface area contributed by atoms with Crippen molar-refractivity contribution in [3.05, 3.63) is 45.6 Å². The molecule has 2 nitrogen and oxygen atoms in total. The molecule has 1 heterocycles. The molecule has 0 fully saturated rings. The van der Waals surface area contributed by atoms with E-state index in [9.17, 15) is 0 Å². The highest BCUT2D eigenvalue weighted by Gasteiger charge is 2.03. The third-order valence-corrected chi connectivity index (χ3v) is 3.66. The van der Waals surface area contributed by atoms with Crippen LogP contribution in [0.25, 0.3) is 0 Å². The molecule has 2 rings (SSSR count). The average molecular weight is 282 g/mol. The molecule has 18 heavy (non-hydrogen) atoms. The lowest BCUT2D eigenvalue weighted by Gasteiger charge is -2.12. The van der Waals surface area contributed by atoms with Gasteiger partial charge in [0, 0.05) is 11.4 Å². The Morgan fingerprint density at radius 2 is 2.06 bits per heavy atom. The Balaban J connectivity index is 1.99. The smallest absolute Gasteiger partial charge is 0.142 e. The van der Waals surface area contributed by atoms with Crippen LogP contribution < -0.4 is 10.1 Å². The lowest BCUT2D eigenvalue weighted by atomic mass is 10.3. The fraction of sp³-hybridized carbons (Fsp3) is 0.286. The van der Waals surface area contributed by atoms with Crippen LogP contribution in [0.5, 0.6) is 5.75 Å². The summed E-state index contributed by atoms with van der Waals surface area (Å²) in [6.45, 7) is 3.61. The van der Waals surface area contributed by atoms with Crippen molar-refractivity contribution in [3.8, 4) is 5.75 Å². The van der Waals surface area contributed by atoms with Gasteiger partial charge < -0.3 is 10.1 Å². The molecule has 0 amide bonds. The predicted octanol–water partition coefficient (Wildman–Crippen LogP) is 4.80. The van der Waals surface area contributed by atoms with Crippen LogP contribution in [0, 0.1) is 0 Å². The van der Waals surface area contributed by atoms with Crippen molar-refractivity contribution in [1.82, 2.24) is 0 Å². The zero-order valence-corrected chi connectivity index (χ0v) is 11.9. The molecule has 0 aliphatic heterocycles. The normalized spacial score (nSPS) is 10.3. The van der Waals surface area contributed by atoms with E-state index < -0.39 is 0 Å². The lowest BCUT2D eigenvalue weighted by molar-refractivity contribution is 0.319. The van der Waals surface area contributed by atoms with Crippen LogP contribution in [0.2, 0.25) is 4.34 Å².